The highest BCUT2D eigenvalue weighted by Crippen LogP contribution is 2.23. The van der Waals surface area contributed by atoms with Gasteiger partial charge in [0.25, 0.3) is 5.91 Å². The van der Waals surface area contributed by atoms with Crippen molar-refractivity contribution in [2.75, 3.05) is 7.11 Å². The fraction of sp³-hybridized carbons (Fsp3) is 0.158. The molecule has 1 amide bonds. The number of halogens is 1. The number of benzene rings is 2. The van der Waals surface area contributed by atoms with Gasteiger partial charge in [-0.1, -0.05) is 16.8 Å². The normalized spacial score (nSPS) is 11.6. The van der Waals surface area contributed by atoms with Crippen LogP contribution in [0.5, 0.6) is 5.75 Å². The van der Waals surface area contributed by atoms with Gasteiger partial charge in [-0.15, -0.1) is 0 Å². The Bertz CT molecular complexity index is 970. The van der Waals surface area contributed by atoms with Crippen LogP contribution in [0.3, 0.4) is 0 Å². The molecule has 1 atom stereocenters. The van der Waals surface area contributed by atoms with E-state index in [2.05, 4.69) is 15.5 Å². The molecule has 3 rings (SSSR count). The minimum absolute atomic E-state index is 0.00414. The van der Waals surface area contributed by atoms with Crippen molar-refractivity contribution in [3.8, 4) is 17.1 Å². The summed E-state index contributed by atoms with van der Waals surface area (Å²) < 4.78 is 10.3. The molecule has 0 unspecified atom stereocenters. The average Bonchev–Trinajstić information content (AvgIpc) is 3.18. The first-order valence-electron chi connectivity index (χ1n) is 8.22. The monoisotopic (exact) mass is 401 g/mol. The maximum Gasteiger partial charge on any atom is 0.305 e. The third-order valence-electron chi connectivity index (χ3n) is 3.88. The topological polar surface area (TPSA) is 115 Å². The van der Waals surface area contributed by atoms with Crippen LogP contribution in [0.25, 0.3) is 11.4 Å². The lowest BCUT2D eigenvalue weighted by atomic mass is 10.1. The SMILES string of the molecule is COc1ccc(-c2noc([C@H](CC(=O)O)NC(=O)c3ccc(Cl)cc3)n2)cc1. The van der Waals surface area contributed by atoms with Crippen LogP contribution in [0, 0.1) is 0 Å². The quantitative estimate of drug-likeness (QED) is 0.623. The van der Waals surface area contributed by atoms with Crippen molar-refractivity contribution in [3.63, 3.8) is 0 Å². The molecule has 0 saturated heterocycles. The number of amides is 1. The molecule has 8 nitrogen and oxygen atoms in total. The molecule has 0 radical (unpaired) electrons. The summed E-state index contributed by atoms with van der Waals surface area (Å²) in [4.78, 5) is 27.9. The maximum absolute atomic E-state index is 12.4. The van der Waals surface area contributed by atoms with E-state index in [1.807, 2.05) is 0 Å². The van der Waals surface area contributed by atoms with Crippen LogP contribution < -0.4 is 10.1 Å². The number of aromatic nitrogens is 2. The molecule has 0 spiro atoms. The van der Waals surface area contributed by atoms with Gasteiger partial charge in [0.15, 0.2) is 0 Å². The van der Waals surface area contributed by atoms with E-state index in [-0.39, 0.29) is 11.7 Å². The van der Waals surface area contributed by atoms with Gasteiger partial charge >= 0.3 is 5.97 Å². The number of carbonyl (C=O) groups excluding carboxylic acids is 1. The van der Waals surface area contributed by atoms with Gasteiger partial charge in [-0.25, -0.2) is 0 Å². The van der Waals surface area contributed by atoms with Crippen LogP contribution in [0.1, 0.15) is 28.7 Å². The van der Waals surface area contributed by atoms with Gasteiger partial charge in [0, 0.05) is 16.1 Å². The first-order valence-corrected chi connectivity index (χ1v) is 8.60. The third-order valence-corrected chi connectivity index (χ3v) is 4.13. The Balaban J connectivity index is 1.81. The Morgan fingerprint density at radius 3 is 2.46 bits per heavy atom. The zero-order valence-electron chi connectivity index (χ0n) is 14.8. The number of hydrogen-bond acceptors (Lipinski definition) is 6. The molecule has 0 aliphatic rings. The van der Waals surface area contributed by atoms with Crippen LogP contribution >= 0.6 is 11.6 Å². The van der Waals surface area contributed by atoms with Gasteiger partial charge in [0.2, 0.25) is 11.7 Å². The number of rotatable bonds is 7. The number of ether oxygens (including phenoxy) is 1. The number of nitrogens with one attached hydrogen (secondary N) is 1. The van der Waals surface area contributed by atoms with Crippen LogP contribution in [-0.2, 0) is 4.79 Å². The second kappa shape index (κ2) is 8.53. The van der Waals surface area contributed by atoms with E-state index in [9.17, 15) is 14.7 Å². The van der Waals surface area contributed by atoms with Crippen molar-refractivity contribution < 1.29 is 24.0 Å². The van der Waals surface area contributed by atoms with Crippen molar-refractivity contribution in [3.05, 3.63) is 65.0 Å². The lowest BCUT2D eigenvalue weighted by molar-refractivity contribution is -0.137. The number of hydrogen-bond donors (Lipinski definition) is 2. The summed E-state index contributed by atoms with van der Waals surface area (Å²) in [6.45, 7) is 0. The summed E-state index contributed by atoms with van der Waals surface area (Å²) >= 11 is 5.82. The van der Waals surface area contributed by atoms with E-state index in [1.165, 1.54) is 12.1 Å². The molecule has 1 aromatic heterocycles. The molecule has 0 aliphatic heterocycles. The Morgan fingerprint density at radius 2 is 1.86 bits per heavy atom. The zero-order chi connectivity index (χ0) is 20.1. The van der Waals surface area contributed by atoms with E-state index < -0.39 is 24.3 Å². The van der Waals surface area contributed by atoms with Crippen molar-refractivity contribution in [2.24, 2.45) is 0 Å². The van der Waals surface area contributed by atoms with Crippen LogP contribution in [0.4, 0.5) is 0 Å². The predicted molar refractivity (Wildman–Crippen MR) is 100 cm³/mol. The number of carbonyl (C=O) groups is 2. The molecule has 2 aromatic carbocycles. The summed E-state index contributed by atoms with van der Waals surface area (Å²) in [5.41, 5.74) is 0.989. The minimum atomic E-state index is -1.12. The van der Waals surface area contributed by atoms with Gasteiger partial charge in [-0.05, 0) is 48.5 Å². The maximum atomic E-state index is 12.4. The highest BCUT2D eigenvalue weighted by atomic mass is 35.5. The Morgan fingerprint density at radius 1 is 1.18 bits per heavy atom. The molecule has 2 N–H and O–H groups in total. The highest BCUT2D eigenvalue weighted by Gasteiger charge is 2.25. The van der Waals surface area contributed by atoms with E-state index >= 15 is 0 Å². The summed E-state index contributed by atoms with van der Waals surface area (Å²) in [6.07, 6.45) is -0.413. The lowest BCUT2D eigenvalue weighted by Crippen LogP contribution is -2.30. The van der Waals surface area contributed by atoms with Gasteiger partial charge < -0.3 is 19.7 Å². The van der Waals surface area contributed by atoms with Crippen molar-refractivity contribution in [1.29, 1.82) is 0 Å². The van der Waals surface area contributed by atoms with Crippen LogP contribution in [-0.4, -0.2) is 34.2 Å². The summed E-state index contributed by atoms with van der Waals surface area (Å²) in [5.74, 6) is -0.659. The molecule has 3 aromatic rings. The lowest BCUT2D eigenvalue weighted by Gasteiger charge is -2.13. The number of carboxylic acid groups (broad SMARTS) is 1. The second-order valence-electron chi connectivity index (χ2n) is 5.82. The second-order valence-corrected chi connectivity index (χ2v) is 6.25. The van der Waals surface area contributed by atoms with E-state index in [0.29, 0.717) is 21.9 Å². The van der Waals surface area contributed by atoms with Crippen molar-refractivity contribution in [1.82, 2.24) is 15.5 Å². The molecule has 144 valence electrons. The summed E-state index contributed by atoms with van der Waals surface area (Å²) in [6, 6.07) is 12.2. The molecular formula is C19H16ClN3O5. The molecular weight excluding hydrogens is 386 g/mol. The molecule has 0 fully saturated rings. The molecule has 0 bridgehead atoms. The van der Waals surface area contributed by atoms with Crippen LogP contribution in [0.15, 0.2) is 53.1 Å². The van der Waals surface area contributed by atoms with Gasteiger partial charge in [-0.2, -0.15) is 4.98 Å². The van der Waals surface area contributed by atoms with E-state index in [4.69, 9.17) is 20.9 Å². The Kier molecular flexibility index (Phi) is 5.90. The fourth-order valence-electron chi connectivity index (χ4n) is 2.45. The molecule has 0 aliphatic carbocycles. The van der Waals surface area contributed by atoms with Crippen molar-refractivity contribution in [2.45, 2.75) is 12.5 Å². The standard InChI is InChI=1S/C19H16ClN3O5/c1-27-14-8-4-11(5-9-14)17-22-19(28-23-17)15(10-16(24)25)21-18(26)12-2-6-13(20)7-3-12/h2-9,15H,10H2,1H3,(H,21,26)(H,24,25)/t15-/m0/s1. The number of nitrogens with zero attached hydrogens (tertiary/aromatic N) is 2. The summed E-state index contributed by atoms with van der Waals surface area (Å²) in [7, 11) is 1.56. The summed E-state index contributed by atoms with van der Waals surface area (Å²) in [5, 5.41) is 16.1. The highest BCUT2D eigenvalue weighted by molar-refractivity contribution is 6.30. The first-order chi connectivity index (χ1) is 13.5. The number of aliphatic carboxylic acids is 1. The number of carboxylic acids is 1. The van der Waals surface area contributed by atoms with Gasteiger partial charge in [0.05, 0.1) is 13.5 Å². The van der Waals surface area contributed by atoms with E-state index in [0.717, 1.165) is 0 Å². The zero-order valence-corrected chi connectivity index (χ0v) is 15.5. The van der Waals surface area contributed by atoms with Gasteiger partial charge in [-0.3, -0.25) is 9.59 Å². The fourth-order valence-corrected chi connectivity index (χ4v) is 2.58. The third kappa shape index (κ3) is 4.66. The first kappa shape index (κ1) is 19.4. The molecule has 28 heavy (non-hydrogen) atoms. The van der Waals surface area contributed by atoms with E-state index in [1.54, 1.807) is 43.5 Å². The van der Waals surface area contributed by atoms with Crippen LogP contribution in [0.2, 0.25) is 5.02 Å². The Labute approximate surface area is 165 Å². The molecule has 0 saturated carbocycles. The Hall–Kier alpha value is -3.39. The average molecular weight is 402 g/mol. The smallest absolute Gasteiger partial charge is 0.305 e. The molecule has 9 heteroatoms. The number of methoxy groups -OCH3 is 1. The van der Waals surface area contributed by atoms with Gasteiger partial charge in [0.1, 0.15) is 11.8 Å². The minimum Gasteiger partial charge on any atom is -0.497 e. The molecule has 1 heterocycles. The predicted octanol–water partition coefficient (Wildman–Crippen LogP) is 3.34. The van der Waals surface area contributed by atoms with Crippen molar-refractivity contribution >= 4 is 23.5 Å². The largest absolute Gasteiger partial charge is 0.497 e.